The number of nitrogens with zero attached hydrogens (tertiary/aromatic N) is 2. The van der Waals surface area contributed by atoms with Crippen LogP contribution in [-0.4, -0.2) is 85.5 Å². The number of aliphatic hydroxyl groups excluding tert-OH is 2. The Morgan fingerprint density at radius 3 is 2.59 bits per heavy atom. The summed E-state index contributed by atoms with van der Waals surface area (Å²) in [4.78, 5) is 49.0. The number of nitrogens with one attached hydrogen (secondary N) is 2. The molecule has 0 radical (unpaired) electrons. The average Bonchev–Trinajstić information content (AvgIpc) is 1.54. The molecule has 11 aliphatic rings. The molecule has 7 N–H and O–H groups in total. The monoisotopic (exact) mass is 1300 g/mol. The van der Waals surface area contributed by atoms with Crippen LogP contribution in [0.1, 0.15) is 179 Å². The number of phenolic OH excluding ortho intramolecular Hbond substituents is 3. The fourth-order valence-corrected chi connectivity index (χ4v) is 20.4. The Kier molecular flexibility index (Phi) is 15.9. The number of aliphatic hydroxyl groups is 2. The minimum Gasteiger partial charge on any atom is -0.508 e. The fraction of sp³-hybridized carbons (Fsp3) is 0.427. The number of dihydropyridines is 1. The van der Waals surface area contributed by atoms with E-state index in [0.29, 0.717) is 44.2 Å². The number of Topliss-reactive ketones (excluding diaryl/α,β-unsaturated/α-hetero) is 2. The molecule has 0 amide bonds. The van der Waals surface area contributed by atoms with Crippen molar-refractivity contribution in [1.82, 2.24) is 14.9 Å². The lowest BCUT2D eigenvalue weighted by Crippen LogP contribution is -2.41. The lowest BCUT2D eigenvalue weighted by atomic mass is 9.53. The first kappa shape index (κ1) is 62.8. The first-order chi connectivity index (χ1) is 47.0. The van der Waals surface area contributed by atoms with Crippen LogP contribution in [-0.2, 0) is 25.5 Å². The molecule has 4 aromatic carbocycles. The Morgan fingerprint density at radius 1 is 0.876 bits per heavy atom. The van der Waals surface area contributed by atoms with Crippen LogP contribution in [0, 0.1) is 51.8 Å². The second-order valence-electron chi connectivity index (χ2n) is 29.8. The van der Waals surface area contributed by atoms with Crippen LogP contribution >= 0.6 is 0 Å². The predicted octanol–water partition coefficient (Wildman–Crippen LogP) is 14.7. The molecular weight excluding hydrogens is 1220 g/mol. The van der Waals surface area contributed by atoms with Gasteiger partial charge in [-0.3, -0.25) is 14.4 Å². The first-order valence-electron chi connectivity index (χ1n) is 35.2. The number of aromatic nitrogens is 2. The number of esters is 1. The van der Waals surface area contributed by atoms with E-state index >= 15 is 4.79 Å². The molecule has 2 fully saturated rings. The number of aromatic amines is 1. The van der Waals surface area contributed by atoms with Crippen molar-refractivity contribution in [2.24, 2.45) is 39.9 Å². The smallest absolute Gasteiger partial charge is 0.302 e. The van der Waals surface area contributed by atoms with Gasteiger partial charge in [0.2, 0.25) is 5.75 Å². The molecule has 6 heterocycles. The third-order valence-corrected chi connectivity index (χ3v) is 24.6. The van der Waals surface area contributed by atoms with Crippen molar-refractivity contribution >= 4 is 34.0 Å². The molecule has 15 nitrogen and oxygen atoms in total. The van der Waals surface area contributed by atoms with Gasteiger partial charge in [-0.15, -0.1) is 0 Å². The summed E-state index contributed by atoms with van der Waals surface area (Å²) in [5.74, 6) is 7.21. The number of carbonyl (C=O) groups is 3. The summed E-state index contributed by atoms with van der Waals surface area (Å²) in [5, 5.41) is 65.6. The number of hydrogen-bond donors (Lipinski definition) is 7. The van der Waals surface area contributed by atoms with E-state index < -0.39 is 46.9 Å². The largest absolute Gasteiger partial charge is 0.508 e. The fourth-order valence-electron chi connectivity index (χ4n) is 20.4. The summed E-state index contributed by atoms with van der Waals surface area (Å²) in [6.45, 7) is 3.74. The Hall–Kier alpha value is -8.97. The highest BCUT2D eigenvalue weighted by atomic mass is 16.5. The summed E-state index contributed by atoms with van der Waals surface area (Å²) < 4.78 is 21.4. The number of benzene rings is 4. The van der Waals surface area contributed by atoms with Gasteiger partial charge in [0.1, 0.15) is 40.7 Å². The van der Waals surface area contributed by atoms with Crippen molar-refractivity contribution < 1.29 is 54.1 Å². The molecule has 97 heavy (non-hydrogen) atoms. The summed E-state index contributed by atoms with van der Waals surface area (Å²) >= 11 is 0. The number of fused-ring (bicyclic) bond motifs is 6. The standard InChI is InChI=1S/C82H86N4O11/c1-47(88)25-31-85-70-21-18-63-76-66(70)44-86-71(54-36-72(93)78(73(37-54)95-3)97-61-34-49(33-58(91)40-61)16-17-50(45-87)32-51-22-26-80-28-29-81(46-80,79(63)94)69(77(76)86)20-19-67(51)80)41-59(92)39-60(96-48(2)89)23-27-82-55-9-5-10-56(82)12-7-15-68(82)65-43-83-42-64(65)62(14-6-11-55)75(52-8-4-13-57(90)35-52)53-24-30-84-74(85)38-53/h4-5,7-10,13,15,18-21,24,33-38,40,42-44,50-51,56,60,62,67-69,71,75,79,83-84,87,90-91,93-94H,11-12,16-17,22-23,25-32,39,41,45-46H2,1-3H3/t50-,51+,56+,60+,62-,67+,68+,69-,71-,75-,79-,80+,81+,82+/m0/s1. The van der Waals surface area contributed by atoms with Gasteiger partial charge in [-0.2, -0.15) is 0 Å². The molecule has 0 saturated heterocycles. The van der Waals surface area contributed by atoms with E-state index in [2.05, 4.69) is 123 Å². The molecule has 0 unspecified atom stereocenters. The summed E-state index contributed by atoms with van der Waals surface area (Å²) in [7, 11) is 1.51. The Labute approximate surface area is 566 Å². The van der Waals surface area contributed by atoms with E-state index in [-0.39, 0.29) is 119 Å². The van der Waals surface area contributed by atoms with Crippen LogP contribution < -0.4 is 19.7 Å². The first-order valence-corrected chi connectivity index (χ1v) is 35.2. The molecule has 14 bridgehead atoms. The zero-order valence-electron chi connectivity index (χ0n) is 55.4. The van der Waals surface area contributed by atoms with E-state index in [4.69, 9.17) is 14.2 Å². The van der Waals surface area contributed by atoms with Gasteiger partial charge in [0.25, 0.3) is 0 Å². The van der Waals surface area contributed by atoms with Gasteiger partial charge < -0.3 is 59.5 Å². The Morgan fingerprint density at radius 2 is 1.75 bits per heavy atom. The van der Waals surface area contributed by atoms with Gasteiger partial charge in [-0.25, -0.2) is 0 Å². The second kappa shape index (κ2) is 24.5. The Balaban J connectivity index is 0.958. The number of ketones is 2. The minimum absolute atomic E-state index is 0.00567. The van der Waals surface area contributed by atoms with Crippen molar-refractivity contribution in [3.8, 4) is 46.3 Å². The Bertz CT molecular complexity index is 4470. The van der Waals surface area contributed by atoms with Crippen LogP contribution in [0.4, 0.5) is 5.69 Å². The maximum atomic E-state index is 16.1. The minimum atomic E-state index is -0.885. The van der Waals surface area contributed by atoms with E-state index in [9.17, 15) is 35.1 Å². The van der Waals surface area contributed by atoms with Gasteiger partial charge >= 0.3 is 5.97 Å². The maximum absolute atomic E-state index is 16.1. The number of methoxy groups -OCH3 is 1. The van der Waals surface area contributed by atoms with Gasteiger partial charge in [-0.1, -0.05) is 84.2 Å². The highest BCUT2D eigenvalue weighted by Gasteiger charge is 2.64. The molecule has 4 aliphatic heterocycles. The summed E-state index contributed by atoms with van der Waals surface area (Å²) in [5.41, 5.74) is 7.74. The van der Waals surface area contributed by atoms with Crippen LogP contribution in [0.2, 0.25) is 0 Å². The van der Waals surface area contributed by atoms with E-state index in [1.165, 1.54) is 25.7 Å². The number of aryl methyl sites for hydroxylation is 1. The summed E-state index contributed by atoms with van der Waals surface area (Å²) in [6, 6.07) is 19.4. The molecule has 500 valence electrons. The number of carbonyl (C=O) groups excluding carboxylic acids is 3. The quantitative estimate of drug-likeness (QED) is 0.0450. The van der Waals surface area contributed by atoms with Crippen LogP contribution in [0.25, 0.3) is 10.8 Å². The molecule has 14 atom stereocenters. The second-order valence-corrected chi connectivity index (χ2v) is 29.8. The highest BCUT2D eigenvalue weighted by Crippen LogP contribution is 2.73. The van der Waals surface area contributed by atoms with E-state index in [0.717, 1.165) is 106 Å². The predicted molar refractivity (Wildman–Crippen MR) is 370 cm³/mol. The van der Waals surface area contributed by atoms with Crippen molar-refractivity contribution in [1.29, 1.82) is 0 Å². The zero-order chi connectivity index (χ0) is 66.6. The molecular formula is C82H86N4O11. The SMILES string of the molecule is COc1cc2cc(O)c1Oc1cc(O)cc(c1)CC[C@H](CO)C[C@H]1CC[C@@]34CC[C@]5(C3)[C@@H](O)c3ccc6c7cn(c(c37)[C@@H]5C=C[C@H]14)[C@H]2CC(=O)C[C@H](OC(C)=O)CC[C@@]12C3=CC=C[C@@H]1CC=C[C@@H]2c1c[nH]cc1[C@H](C#CC3)[C@@H](c1cccc(O)c1)C1=CCNC(=C1)N6CCC(C)=O. The van der Waals surface area contributed by atoms with Crippen molar-refractivity contribution in [2.45, 2.75) is 152 Å². The topological polar surface area (TPSA) is 216 Å². The van der Waals surface area contributed by atoms with Crippen LogP contribution in [0.15, 0.2) is 157 Å². The van der Waals surface area contributed by atoms with E-state index in [1.54, 1.807) is 25.1 Å². The number of anilines is 1. The zero-order valence-corrected chi connectivity index (χ0v) is 55.4. The molecule has 6 aromatic rings. The van der Waals surface area contributed by atoms with Crippen LogP contribution in [0.3, 0.4) is 0 Å². The van der Waals surface area contributed by atoms with Crippen molar-refractivity contribution in [2.75, 3.05) is 31.7 Å². The van der Waals surface area contributed by atoms with Gasteiger partial charge in [0.15, 0.2) is 11.5 Å². The number of hydrogen-bond acceptors (Lipinski definition) is 13. The van der Waals surface area contributed by atoms with E-state index in [1.807, 2.05) is 24.3 Å². The maximum Gasteiger partial charge on any atom is 0.302 e. The highest BCUT2D eigenvalue weighted by molar-refractivity contribution is 6.01. The normalized spacial score (nSPS) is 31.3. The molecule has 7 aliphatic carbocycles. The molecule has 3 spiro atoms. The van der Waals surface area contributed by atoms with Gasteiger partial charge in [0, 0.05) is 122 Å². The molecule has 15 heteroatoms. The number of rotatable bonds is 7. The molecule has 2 saturated carbocycles. The number of ether oxygens (including phenoxy) is 3. The number of phenols is 3. The average molecular weight is 1300 g/mol. The third-order valence-electron chi connectivity index (χ3n) is 24.6. The number of H-pyrrole nitrogens is 1. The number of allylic oxidation sites excluding steroid dienone is 10. The third kappa shape index (κ3) is 10.6. The van der Waals surface area contributed by atoms with Gasteiger partial charge in [-0.05, 0) is 194 Å². The van der Waals surface area contributed by atoms with Crippen molar-refractivity contribution in [3.05, 3.63) is 196 Å². The molecule has 2 aromatic heterocycles. The lowest BCUT2D eigenvalue weighted by molar-refractivity contribution is -0.148. The number of aromatic hydroxyl groups is 3. The van der Waals surface area contributed by atoms with Crippen LogP contribution in [0.5, 0.6) is 34.5 Å². The van der Waals surface area contributed by atoms with Gasteiger partial charge in [0.05, 0.1) is 30.9 Å². The lowest BCUT2D eigenvalue weighted by Gasteiger charge is -2.50. The summed E-state index contributed by atoms with van der Waals surface area (Å²) in [6.07, 6.45) is 33.9. The molecule has 17 rings (SSSR count). The van der Waals surface area contributed by atoms with Crippen molar-refractivity contribution in [3.63, 3.8) is 0 Å².